The molecule has 3 aromatic carbocycles. The number of rotatable bonds is 7. The first kappa shape index (κ1) is 23.9. The summed E-state index contributed by atoms with van der Waals surface area (Å²) in [6.07, 6.45) is 1.91. The normalized spacial score (nSPS) is 19.3. The van der Waals surface area contributed by atoms with Crippen LogP contribution in [0.25, 0.3) is 11.1 Å². The highest BCUT2D eigenvalue weighted by Crippen LogP contribution is 2.43. The monoisotopic (exact) mass is 504 g/mol. The first-order chi connectivity index (χ1) is 17.3. The summed E-state index contributed by atoms with van der Waals surface area (Å²) in [7, 11) is -3.64. The molecule has 0 spiro atoms. The zero-order valence-electron chi connectivity index (χ0n) is 20.2. The third kappa shape index (κ3) is 4.42. The van der Waals surface area contributed by atoms with E-state index in [0.717, 1.165) is 53.1 Å². The Kier molecular flexibility index (Phi) is 6.17. The number of nitrogens with zero attached hydrogens (tertiary/aromatic N) is 3. The van der Waals surface area contributed by atoms with E-state index in [1.807, 2.05) is 66.4 Å². The second kappa shape index (κ2) is 9.31. The van der Waals surface area contributed by atoms with Crippen molar-refractivity contribution in [2.45, 2.75) is 18.9 Å². The van der Waals surface area contributed by atoms with Crippen molar-refractivity contribution in [2.75, 3.05) is 26.0 Å². The zero-order valence-corrected chi connectivity index (χ0v) is 21.0. The van der Waals surface area contributed by atoms with Crippen molar-refractivity contribution >= 4 is 21.9 Å². The molecule has 0 saturated heterocycles. The van der Waals surface area contributed by atoms with Gasteiger partial charge in [0, 0.05) is 13.1 Å². The maximum absolute atomic E-state index is 11.6. The van der Waals surface area contributed by atoms with Crippen LogP contribution in [0.1, 0.15) is 24.5 Å². The standard InChI is InChI=1S/C27H28N4O4S/c1-3-34-24-10-5-8-20(18-24)19-7-4-9-22(17-19)27(25-29-15-6-16-31(25)26(28)30-27)21-11-13-23(14-12-21)35-36(2,32)33/h4-5,7-14,17-18H,3,6,15-16H2,1-2H3,(H2,28,30). The van der Waals surface area contributed by atoms with Gasteiger partial charge in [-0.2, -0.15) is 8.42 Å². The number of hydrogen-bond donors (Lipinski definition) is 1. The minimum atomic E-state index is -3.64. The highest BCUT2D eigenvalue weighted by Gasteiger charge is 2.49. The molecule has 2 heterocycles. The lowest BCUT2D eigenvalue weighted by atomic mass is 9.81. The molecule has 8 nitrogen and oxygen atoms in total. The molecule has 0 aromatic heterocycles. The minimum absolute atomic E-state index is 0.232. The van der Waals surface area contributed by atoms with Crippen molar-refractivity contribution in [3.05, 3.63) is 83.9 Å². The molecule has 2 aliphatic rings. The van der Waals surface area contributed by atoms with E-state index in [-0.39, 0.29) is 5.75 Å². The molecule has 0 radical (unpaired) electrons. The van der Waals surface area contributed by atoms with Gasteiger partial charge in [0.2, 0.25) is 0 Å². The van der Waals surface area contributed by atoms with Crippen LogP contribution in [-0.2, 0) is 15.7 Å². The summed E-state index contributed by atoms with van der Waals surface area (Å²) in [4.78, 5) is 11.8. The van der Waals surface area contributed by atoms with Gasteiger partial charge in [-0.15, -0.1) is 0 Å². The Hall–Kier alpha value is -3.85. The van der Waals surface area contributed by atoms with Gasteiger partial charge in [-0.25, -0.2) is 4.99 Å². The molecule has 36 heavy (non-hydrogen) atoms. The summed E-state index contributed by atoms with van der Waals surface area (Å²) in [6.45, 7) is 3.97. The number of fused-ring (bicyclic) bond motifs is 1. The number of benzene rings is 3. The maximum atomic E-state index is 11.6. The Bertz CT molecular complexity index is 1450. The number of amidine groups is 1. The van der Waals surface area contributed by atoms with E-state index in [0.29, 0.717) is 19.1 Å². The largest absolute Gasteiger partial charge is 0.494 e. The van der Waals surface area contributed by atoms with Gasteiger partial charge in [0.15, 0.2) is 11.5 Å². The first-order valence-electron chi connectivity index (χ1n) is 11.8. The van der Waals surface area contributed by atoms with Crippen molar-refractivity contribution in [2.24, 2.45) is 15.7 Å². The SMILES string of the molecule is CCOc1cccc(-c2cccc(C3(c4ccc(OS(C)(=O)=O)cc4)N=C(N)N4CCCN=C43)c2)c1. The van der Waals surface area contributed by atoms with Crippen LogP contribution in [0.4, 0.5) is 0 Å². The van der Waals surface area contributed by atoms with E-state index < -0.39 is 15.7 Å². The molecule has 0 aliphatic carbocycles. The third-order valence-corrected chi connectivity index (χ3v) is 6.71. The smallest absolute Gasteiger partial charge is 0.306 e. The fraction of sp³-hybridized carbons (Fsp3) is 0.259. The van der Waals surface area contributed by atoms with E-state index in [2.05, 4.69) is 6.07 Å². The quantitative estimate of drug-likeness (QED) is 0.491. The molecule has 5 rings (SSSR count). The Morgan fingerprint density at radius 1 is 0.972 bits per heavy atom. The van der Waals surface area contributed by atoms with Gasteiger partial charge in [-0.1, -0.05) is 42.5 Å². The minimum Gasteiger partial charge on any atom is -0.494 e. The number of hydrogen-bond acceptors (Lipinski definition) is 8. The molecule has 2 N–H and O–H groups in total. The lowest BCUT2D eigenvalue weighted by molar-refractivity contribution is 0.340. The van der Waals surface area contributed by atoms with E-state index >= 15 is 0 Å². The summed E-state index contributed by atoms with van der Waals surface area (Å²) < 4.78 is 33.9. The fourth-order valence-corrected chi connectivity index (χ4v) is 5.22. The van der Waals surface area contributed by atoms with E-state index in [1.54, 1.807) is 12.1 Å². The lowest BCUT2D eigenvalue weighted by Crippen LogP contribution is -2.46. The van der Waals surface area contributed by atoms with Gasteiger partial charge in [-0.05, 0) is 65.9 Å². The van der Waals surface area contributed by atoms with E-state index in [1.165, 1.54) is 0 Å². The molecule has 1 unspecified atom stereocenters. The molecule has 1 atom stereocenters. The molecule has 2 aliphatic heterocycles. The van der Waals surface area contributed by atoms with Crippen molar-refractivity contribution in [1.82, 2.24) is 4.90 Å². The van der Waals surface area contributed by atoms with Gasteiger partial charge >= 0.3 is 10.1 Å². The van der Waals surface area contributed by atoms with Crippen LogP contribution < -0.4 is 14.7 Å². The fourth-order valence-electron chi connectivity index (χ4n) is 4.76. The molecule has 0 saturated carbocycles. The van der Waals surface area contributed by atoms with Crippen molar-refractivity contribution in [3.63, 3.8) is 0 Å². The molecule has 0 amide bonds. The maximum Gasteiger partial charge on any atom is 0.306 e. The summed E-state index contributed by atoms with van der Waals surface area (Å²) in [6, 6.07) is 23.0. The van der Waals surface area contributed by atoms with Crippen molar-refractivity contribution < 1.29 is 17.3 Å². The third-order valence-electron chi connectivity index (χ3n) is 6.22. The number of nitrogens with two attached hydrogens (primary N) is 1. The Morgan fingerprint density at radius 3 is 2.42 bits per heavy atom. The first-order valence-corrected chi connectivity index (χ1v) is 13.6. The van der Waals surface area contributed by atoms with Gasteiger partial charge in [0.1, 0.15) is 17.3 Å². The van der Waals surface area contributed by atoms with Gasteiger partial charge < -0.3 is 14.7 Å². The number of guanidine groups is 1. The highest BCUT2D eigenvalue weighted by atomic mass is 32.2. The van der Waals surface area contributed by atoms with Crippen LogP contribution in [0.2, 0.25) is 0 Å². The van der Waals surface area contributed by atoms with Crippen LogP contribution in [0, 0.1) is 0 Å². The van der Waals surface area contributed by atoms with Crippen LogP contribution in [-0.4, -0.2) is 51.1 Å². The van der Waals surface area contributed by atoms with Crippen molar-refractivity contribution in [3.8, 4) is 22.6 Å². The van der Waals surface area contributed by atoms with Crippen LogP contribution in [0.5, 0.6) is 11.5 Å². The molecule has 9 heteroatoms. The number of ether oxygens (including phenoxy) is 1. The van der Waals surface area contributed by atoms with Crippen LogP contribution >= 0.6 is 0 Å². The predicted molar refractivity (Wildman–Crippen MR) is 141 cm³/mol. The topological polar surface area (TPSA) is 107 Å². The average Bonchev–Trinajstić information content (AvgIpc) is 3.17. The lowest BCUT2D eigenvalue weighted by Gasteiger charge is -2.33. The summed E-state index contributed by atoms with van der Waals surface area (Å²) in [5.41, 5.74) is 9.21. The predicted octanol–water partition coefficient (Wildman–Crippen LogP) is 3.77. The molecule has 0 bridgehead atoms. The Balaban J connectivity index is 1.65. The van der Waals surface area contributed by atoms with Crippen molar-refractivity contribution in [1.29, 1.82) is 0 Å². The van der Waals surface area contributed by atoms with Gasteiger partial charge in [0.05, 0.1) is 12.9 Å². The van der Waals surface area contributed by atoms with Gasteiger partial charge in [0.25, 0.3) is 0 Å². The molecular weight excluding hydrogens is 476 g/mol. The summed E-state index contributed by atoms with van der Waals surface area (Å²) in [5, 5.41) is 0. The highest BCUT2D eigenvalue weighted by molar-refractivity contribution is 7.86. The van der Waals surface area contributed by atoms with Crippen LogP contribution in [0.15, 0.2) is 82.8 Å². The molecule has 0 fully saturated rings. The molecule has 186 valence electrons. The molecule has 3 aromatic rings. The second-order valence-corrected chi connectivity index (χ2v) is 10.3. The Labute approximate surface area is 211 Å². The Morgan fingerprint density at radius 2 is 1.69 bits per heavy atom. The average molecular weight is 505 g/mol. The van der Waals surface area contributed by atoms with E-state index in [4.69, 9.17) is 24.6 Å². The van der Waals surface area contributed by atoms with Gasteiger partial charge in [-0.3, -0.25) is 9.89 Å². The zero-order chi connectivity index (χ0) is 25.3. The second-order valence-electron chi connectivity index (χ2n) is 8.74. The van der Waals surface area contributed by atoms with E-state index in [9.17, 15) is 8.42 Å². The summed E-state index contributed by atoms with van der Waals surface area (Å²) in [5.74, 6) is 2.22. The summed E-state index contributed by atoms with van der Waals surface area (Å²) >= 11 is 0. The number of aliphatic imine (C=N–C) groups is 2. The van der Waals surface area contributed by atoms with Crippen LogP contribution in [0.3, 0.4) is 0 Å². The molecular formula is C27H28N4O4S.